The second kappa shape index (κ2) is 11.7. The third kappa shape index (κ3) is 6.20. The van der Waals surface area contributed by atoms with E-state index in [1.165, 1.54) is 36.4 Å². The van der Waals surface area contributed by atoms with Gasteiger partial charge in [0.05, 0.1) is 5.92 Å². The van der Waals surface area contributed by atoms with Crippen LogP contribution in [-0.4, -0.2) is 33.5 Å². The van der Waals surface area contributed by atoms with Crippen molar-refractivity contribution in [3.63, 3.8) is 0 Å². The molecule has 7 nitrogen and oxygen atoms in total. The van der Waals surface area contributed by atoms with Crippen molar-refractivity contribution in [3.8, 4) is 0 Å². The molecule has 0 bridgehead atoms. The van der Waals surface area contributed by atoms with Gasteiger partial charge in [-0.15, -0.1) is 0 Å². The standard InChI is InChI=1S/C31H29F2N3O4/c32-21-6-9-23(10-7-21)34-29(37)15-20(14-19-4-2-1-3-5-19)31(40)35-24-11-13-28-26(17-24)25-16-22(33)8-12-27(25)36(28)18-30(38)39/h1-10,12,16,20,24H,11,13-15,17-18H2,(H,34,37)(H,35,40)(H,38,39)/t20?,24-/m0/s1. The van der Waals surface area contributed by atoms with Crippen molar-refractivity contribution in [2.75, 3.05) is 5.32 Å². The molecule has 0 radical (unpaired) electrons. The van der Waals surface area contributed by atoms with Crippen LogP contribution in [0.25, 0.3) is 10.9 Å². The number of benzene rings is 3. The van der Waals surface area contributed by atoms with Crippen LogP contribution in [0.2, 0.25) is 0 Å². The van der Waals surface area contributed by atoms with Gasteiger partial charge < -0.3 is 20.3 Å². The molecule has 9 heteroatoms. The number of aromatic nitrogens is 1. The van der Waals surface area contributed by atoms with Gasteiger partial charge in [0.25, 0.3) is 0 Å². The first-order chi connectivity index (χ1) is 19.3. The number of carbonyl (C=O) groups is 3. The fourth-order valence-electron chi connectivity index (χ4n) is 5.51. The summed E-state index contributed by atoms with van der Waals surface area (Å²) in [6.45, 7) is -0.225. The van der Waals surface area contributed by atoms with Crippen LogP contribution in [0.15, 0.2) is 72.8 Å². The Hall–Kier alpha value is -4.53. The molecule has 2 amide bonds. The molecule has 0 spiro atoms. The van der Waals surface area contributed by atoms with Gasteiger partial charge in [0.15, 0.2) is 0 Å². The van der Waals surface area contributed by atoms with Crippen LogP contribution < -0.4 is 10.6 Å². The Morgan fingerprint density at radius 2 is 1.70 bits per heavy atom. The number of carboxylic acid groups (broad SMARTS) is 1. The average molecular weight is 546 g/mol. The van der Waals surface area contributed by atoms with Gasteiger partial charge in [-0.2, -0.15) is 0 Å². The summed E-state index contributed by atoms with van der Waals surface area (Å²) in [5, 5.41) is 15.9. The van der Waals surface area contributed by atoms with Crippen molar-refractivity contribution in [1.82, 2.24) is 9.88 Å². The summed E-state index contributed by atoms with van der Waals surface area (Å²) in [6.07, 6.45) is 1.81. The smallest absolute Gasteiger partial charge is 0.323 e. The predicted octanol–water partition coefficient (Wildman–Crippen LogP) is 4.87. The Morgan fingerprint density at radius 1 is 0.975 bits per heavy atom. The Balaban J connectivity index is 1.34. The highest BCUT2D eigenvalue weighted by atomic mass is 19.1. The number of amides is 2. The number of carboxylic acids is 1. The number of rotatable bonds is 9. The molecule has 0 fully saturated rings. The van der Waals surface area contributed by atoms with E-state index < -0.39 is 23.5 Å². The maximum Gasteiger partial charge on any atom is 0.323 e. The summed E-state index contributed by atoms with van der Waals surface area (Å²) >= 11 is 0. The first-order valence-electron chi connectivity index (χ1n) is 13.2. The van der Waals surface area contributed by atoms with E-state index >= 15 is 0 Å². The summed E-state index contributed by atoms with van der Waals surface area (Å²) in [7, 11) is 0. The van der Waals surface area contributed by atoms with Crippen molar-refractivity contribution in [3.05, 3.63) is 101 Å². The minimum Gasteiger partial charge on any atom is -0.480 e. The van der Waals surface area contributed by atoms with Crippen molar-refractivity contribution >= 4 is 34.4 Å². The Kier molecular flexibility index (Phi) is 7.91. The quantitative estimate of drug-likeness (QED) is 0.280. The Morgan fingerprint density at radius 3 is 2.42 bits per heavy atom. The lowest BCUT2D eigenvalue weighted by molar-refractivity contribution is -0.137. The van der Waals surface area contributed by atoms with Gasteiger partial charge in [-0.25, -0.2) is 8.78 Å². The molecular weight excluding hydrogens is 516 g/mol. The van der Waals surface area contributed by atoms with E-state index in [0.717, 1.165) is 16.8 Å². The van der Waals surface area contributed by atoms with Crippen molar-refractivity contribution < 1.29 is 28.3 Å². The van der Waals surface area contributed by atoms with E-state index in [4.69, 9.17) is 0 Å². The van der Waals surface area contributed by atoms with Crippen LogP contribution in [-0.2, 0) is 40.2 Å². The molecule has 0 saturated carbocycles. The number of carbonyl (C=O) groups excluding carboxylic acids is 2. The van der Waals surface area contributed by atoms with Crippen LogP contribution in [0, 0.1) is 17.6 Å². The molecule has 206 valence electrons. The fraction of sp³-hybridized carbons (Fsp3) is 0.258. The molecular formula is C31H29F2N3O4. The molecule has 1 heterocycles. The van der Waals surface area contributed by atoms with E-state index in [2.05, 4.69) is 10.6 Å². The summed E-state index contributed by atoms with van der Waals surface area (Å²) in [6, 6.07) is 18.9. The molecule has 3 aromatic carbocycles. The highest BCUT2D eigenvalue weighted by molar-refractivity contribution is 5.94. The van der Waals surface area contributed by atoms with Gasteiger partial charge in [-0.3, -0.25) is 14.4 Å². The highest BCUT2D eigenvalue weighted by Crippen LogP contribution is 2.33. The Labute approximate surface area is 229 Å². The summed E-state index contributed by atoms with van der Waals surface area (Å²) in [5.74, 6) is -3.10. The van der Waals surface area contributed by atoms with E-state index in [9.17, 15) is 28.3 Å². The first kappa shape index (κ1) is 27.1. The van der Waals surface area contributed by atoms with Gasteiger partial charge in [-0.05, 0) is 79.3 Å². The van der Waals surface area contributed by atoms with Crippen LogP contribution >= 0.6 is 0 Å². The van der Waals surface area contributed by atoms with Gasteiger partial charge in [-0.1, -0.05) is 30.3 Å². The zero-order chi connectivity index (χ0) is 28.2. The topological polar surface area (TPSA) is 100 Å². The molecule has 0 aliphatic heterocycles. The van der Waals surface area contributed by atoms with E-state index in [1.807, 2.05) is 30.3 Å². The number of hydrogen-bond acceptors (Lipinski definition) is 3. The normalized spacial score (nSPS) is 15.3. The van der Waals surface area contributed by atoms with Gasteiger partial charge in [0.2, 0.25) is 11.8 Å². The molecule has 3 N–H and O–H groups in total. The number of anilines is 1. The molecule has 0 saturated heterocycles. The lowest BCUT2D eigenvalue weighted by Crippen LogP contribution is -2.43. The lowest BCUT2D eigenvalue weighted by atomic mass is 9.89. The molecule has 1 aliphatic carbocycles. The second-order valence-corrected chi connectivity index (χ2v) is 10.2. The highest BCUT2D eigenvalue weighted by Gasteiger charge is 2.30. The summed E-state index contributed by atoms with van der Waals surface area (Å²) < 4.78 is 29.1. The zero-order valence-corrected chi connectivity index (χ0v) is 21.7. The first-order valence-corrected chi connectivity index (χ1v) is 13.2. The molecule has 1 unspecified atom stereocenters. The van der Waals surface area contributed by atoms with Gasteiger partial charge in [0, 0.05) is 34.7 Å². The SMILES string of the molecule is O=C(O)Cn1c2c(c3cc(F)ccc31)C[C@@H](NC(=O)C(CC(=O)Nc1ccc(F)cc1)Cc1ccccc1)CC2. The molecule has 1 aromatic heterocycles. The van der Waals surface area contributed by atoms with Gasteiger partial charge in [0.1, 0.15) is 18.2 Å². The number of fused-ring (bicyclic) bond motifs is 3. The van der Waals surface area contributed by atoms with Crippen molar-refractivity contribution in [2.24, 2.45) is 5.92 Å². The number of halogens is 2. The van der Waals surface area contributed by atoms with Crippen LogP contribution in [0.3, 0.4) is 0 Å². The van der Waals surface area contributed by atoms with Crippen molar-refractivity contribution in [2.45, 2.75) is 44.7 Å². The minimum absolute atomic E-state index is 0.0702. The molecule has 4 aromatic rings. The summed E-state index contributed by atoms with van der Waals surface area (Å²) in [4.78, 5) is 37.9. The second-order valence-electron chi connectivity index (χ2n) is 10.2. The zero-order valence-electron chi connectivity index (χ0n) is 21.7. The lowest BCUT2D eigenvalue weighted by Gasteiger charge is -2.27. The molecule has 5 rings (SSSR count). The fourth-order valence-corrected chi connectivity index (χ4v) is 5.51. The predicted molar refractivity (Wildman–Crippen MR) is 147 cm³/mol. The van der Waals surface area contributed by atoms with Crippen LogP contribution in [0.5, 0.6) is 0 Å². The monoisotopic (exact) mass is 545 g/mol. The largest absolute Gasteiger partial charge is 0.480 e. The molecule has 40 heavy (non-hydrogen) atoms. The van der Waals surface area contributed by atoms with E-state index in [0.29, 0.717) is 42.3 Å². The van der Waals surface area contributed by atoms with E-state index in [1.54, 1.807) is 10.6 Å². The number of nitrogens with zero attached hydrogens (tertiary/aromatic N) is 1. The minimum atomic E-state index is -0.984. The Bertz CT molecular complexity index is 1550. The van der Waals surface area contributed by atoms with Crippen LogP contribution in [0.1, 0.15) is 29.7 Å². The van der Waals surface area contributed by atoms with Crippen molar-refractivity contribution in [1.29, 1.82) is 0 Å². The number of aliphatic carboxylic acids is 1. The number of nitrogens with one attached hydrogen (secondary N) is 2. The molecule has 2 atom stereocenters. The van der Waals surface area contributed by atoms with E-state index in [-0.39, 0.29) is 30.8 Å². The third-order valence-electron chi connectivity index (χ3n) is 7.32. The average Bonchev–Trinajstić information content (AvgIpc) is 3.21. The van der Waals surface area contributed by atoms with Crippen LogP contribution in [0.4, 0.5) is 14.5 Å². The number of hydrogen-bond donors (Lipinski definition) is 3. The summed E-state index contributed by atoms with van der Waals surface area (Å²) in [5.41, 5.74) is 3.68. The maximum atomic E-state index is 14.1. The molecule has 1 aliphatic rings. The maximum absolute atomic E-state index is 14.1. The third-order valence-corrected chi connectivity index (χ3v) is 7.32. The van der Waals surface area contributed by atoms with Gasteiger partial charge >= 0.3 is 5.97 Å².